The van der Waals surface area contributed by atoms with Gasteiger partial charge in [-0.15, -0.1) is 0 Å². The zero-order chi connectivity index (χ0) is 14.9. The summed E-state index contributed by atoms with van der Waals surface area (Å²) in [5.74, 6) is 0.123. The maximum Gasteiger partial charge on any atom is 0.275 e. The highest BCUT2D eigenvalue weighted by atomic mass is 35.7. The summed E-state index contributed by atoms with van der Waals surface area (Å²) < 4.78 is 23.2. The van der Waals surface area contributed by atoms with Crippen molar-refractivity contribution < 1.29 is 13.2 Å². The molecule has 20 heavy (non-hydrogen) atoms. The Balaban J connectivity index is 2.27. The number of aromatic amines is 1. The van der Waals surface area contributed by atoms with E-state index in [9.17, 15) is 13.2 Å². The molecule has 1 heterocycles. The molecule has 2 rings (SSSR count). The highest BCUT2D eigenvalue weighted by Crippen LogP contribution is 2.28. The van der Waals surface area contributed by atoms with Crippen molar-refractivity contribution in [2.45, 2.75) is 38.0 Å². The highest BCUT2D eigenvalue weighted by molar-refractivity contribution is 8.13. The number of carbonyl (C=O) groups excluding carboxylic acids is 1. The molecule has 0 atom stereocenters. The van der Waals surface area contributed by atoms with Gasteiger partial charge in [0.25, 0.3) is 15.0 Å². The summed E-state index contributed by atoms with van der Waals surface area (Å²) in [4.78, 5) is 13.9. The smallest absolute Gasteiger partial charge is 0.275 e. The van der Waals surface area contributed by atoms with Gasteiger partial charge in [-0.05, 0) is 32.6 Å². The quantitative estimate of drug-likeness (QED) is 0.840. The van der Waals surface area contributed by atoms with Gasteiger partial charge in [0, 0.05) is 23.8 Å². The van der Waals surface area contributed by atoms with Crippen molar-refractivity contribution in [1.82, 2.24) is 15.1 Å². The average molecular weight is 320 g/mol. The first kappa shape index (κ1) is 15.3. The summed E-state index contributed by atoms with van der Waals surface area (Å²) in [6.07, 6.45) is 3.42. The van der Waals surface area contributed by atoms with Gasteiger partial charge in [0.15, 0.2) is 5.69 Å². The van der Waals surface area contributed by atoms with Crippen LogP contribution in [0.4, 0.5) is 0 Å². The SMILES string of the molecule is CCN(CC1CCC1)C(=O)c1n[nH]c(C)c1S(=O)(=O)Cl. The molecule has 0 unspecified atom stereocenters. The van der Waals surface area contributed by atoms with E-state index in [0.29, 0.717) is 19.0 Å². The monoisotopic (exact) mass is 319 g/mol. The molecule has 6 nitrogen and oxygen atoms in total. The van der Waals surface area contributed by atoms with Gasteiger partial charge in [0.2, 0.25) is 0 Å². The first-order chi connectivity index (χ1) is 9.34. The summed E-state index contributed by atoms with van der Waals surface area (Å²) in [6.45, 7) is 4.55. The Bertz CT molecular complexity index is 607. The van der Waals surface area contributed by atoms with E-state index in [2.05, 4.69) is 10.2 Å². The molecule has 0 bridgehead atoms. The number of hydrogen-bond acceptors (Lipinski definition) is 4. The minimum Gasteiger partial charge on any atom is -0.337 e. The van der Waals surface area contributed by atoms with Crippen LogP contribution in [0.15, 0.2) is 4.90 Å². The Morgan fingerprint density at radius 2 is 2.15 bits per heavy atom. The third-order valence-corrected chi connectivity index (χ3v) is 5.16. The number of H-pyrrole nitrogens is 1. The maximum atomic E-state index is 12.5. The number of nitrogens with zero attached hydrogens (tertiary/aromatic N) is 2. The summed E-state index contributed by atoms with van der Waals surface area (Å²) in [6, 6.07) is 0. The van der Waals surface area contributed by atoms with Crippen LogP contribution >= 0.6 is 10.7 Å². The van der Waals surface area contributed by atoms with Crippen LogP contribution in [-0.4, -0.2) is 42.5 Å². The van der Waals surface area contributed by atoms with Crippen molar-refractivity contribution in [3.8, 4) is 0 Å². The van der Waals surface area contributed by atoms with Crippen molar-refractivity contribution in [2.24, 2.45) is 5.92 Å². The molecule has 0 aromatic carbocycles. The van der Waals surface area contributed by atoms with Gasteiger partial charge in [0.05, 0.1) is 5.69 Å². The molecule has 1 fully saturated rings. The van der Waals surface area contributed by atoms with Gasteiger partial charge in [-0.3, -0.25) is 9.89 Å². The molecule has 1 amide bonds. The Hall–Kier alpha value is -1.08. The maximum absolute atomic E-state index is 12.5. The minimum absolute atomic E-state index is 0.112. The second-order valence-electron chi connectivity index (χ2n) is 5.10. The van der Waals surface area contributed by atoms with Crippen LogP contribution < -0.4 is 0 Å². The molecule has 0 aliphatic heterocycles. The van der Waals surface area contributed by atoms with Crippen molar-refractivity contribution in [2.75, 3.05) is 13.1 Å². The van der Waals surface area contributed by atoms with Crippen LogP contribution in [0.2, 0.25) is 0 Å². The molecule has 1 N–H and O–H groups in total. The van der Waals surface area contributed by atoms with Crippen molar-refractivity contribution in [1.29, 1.82) is 0 Å². The Morgan fingerprint density at radius 1 is 1.50 bits per heavy atom. The van der Waals surface area contributed by atoms with Crippen molar-refractivity contribution in [3.05, 3.63) is 11.4 Å². The molecule has 8 heteroatoms. The van der Waals surface area contributed by atoms with E-state index in [1.54, 1.807) is 4.90 Å². The summed E-state index contributed by atoms with van der Waals surface area (Å²) >= 11 is 0. The summed E-state index contributed by atoms with van der Waals surface area (Å²) in [5.41, 5.74) is 0.168. The van der Waals surface area contributed by atoms with Gasteiger partial charge in [0.1, 0.15) is 4.90 Å². The van der Waals surface area contributed by atoms with Crippen LogP contribution in [-0.2, 0) is 9.05 Å². The van der Waals surface area contributed by atoms with Crippen LogP contribution in [0, 0.1) is 12.8 Å². The Labute approximate surface area is 122 Å². The van der Waals surface area contributed by atoms with E-state index in [1.165, 1.54) is 13.3 Å². The second-order valence-corrected chi connectivity index (χ2v) is 7.61. The normalized spacial score (nSPS) is 15.9. The predicted molar refractivity (Wildman–Crippen MR) is 75.3 cm³/mol. The van der Waals surface area contributed by atoms with E-state index >= 15 is 0 Å². The Morgan fingerprint density at radius 3 is 2.60 bits per heavy atom. The number of carbonyl (C=O) groups is 1. The fraction of sp³-hybridized carbons (Fsp3) is 0.667. The largest absolute Gasteiger partial charge is 0.337 e. The molecular weight excluding hydrogens is 302 g/mol. The predicted octanol–water partition coefficient (Wildman–Crippen LogP) is 1.91. The zero-order valence-electron chi connectivity index (χ0n) is 11.5. The minimum atomic E-state index is -4.00. The highest BCUT2D eigenvalue weighted by Gasteiger charge is 2.31. The molecule has 1 aromatic rings. The molecule has 0 saturated heterocycles. The van der Waals surface area contributed by atoms with Gasteiger partial charge in [-0.25, -0.2) is 8.42 Å². The van der Waals surface area contributed by atoms with E-state index < -0.39 is 9.05 Å². The van der Waals surface area contributed by atoms with Crippen LogP contribution in [0.25, 0.3) is 0 Å². The lowest BCUT2D eigenvalue weighted by Crippen LogP contribution is -2.37. The van der Waals surface area contributed by atoms with Crippen molar-refractivity contribution in [3.63, 3.8) is 0 Å². The van der Waals surface area contributed by atoms with E-state index in [0.717, 1.165) is 12.8 Å². The van der Waals surface area contributed by atoms with Gasteiger partial charge < -0.3 is 4.90 Å². The number of aromatic nitrogens is 2. The molecule has 1 aliphatic carbocycles. The van der Waals surface area contributed by atoms with E-state index in [-0.39, 0.29) is 22.2 Å². The molecule has 0 spiro atoms. The zero-order valence-corrected chi connectivity index (χ0v) is 13.1. The first-order valence-corrected chi connectivity index (χ1v) is 8.94. The second kappa shape index (κ2) is 5.73. The number of nitrogens with one attached hydrogen (secondary N) is 1. The van der Waals surface area contributed by atoms with Crippen LogP contribution in [0.3, 0.4) is 0 Å². The molecule has 1 saturated carbocycles. The lowest BCUT2D eigenvalue weighted by molar-refractivity contribution is 0.0696. The van der Waals surface area contributed by atoms with E-state index in [1.807, 2.05) is 6.92 Å². The number of hydrogen-bond donors (Lipinski definition) is 1. The summed E-state index contributed by atoms with van der Waals surface area (Å²) in [7, 11) is 1.39. The number of halogens is 1. The lowest BCUT2D eigenvalue weighted by atomic mass is 9.85. The van der Waals surface area contributed by atoms with Crippen LogP contribution in [0.1, 0.15) is 42.4 Å². The topological polar surface area (TPSA) is 83.1 Å². The molecule has 112 valence electrons. The standard InChI is InChI=1S/C12H18ClN3O3S/c1-3-16(7-9-5-4-6-9)12(17)10-11(20(13,18)19)8(2)14-15-10/h9H,3-7H2,1-2H3,(H,14,15). The van der Waals surface area contributed by atoms with Crippen LogP contribution in [0.5, 0.6) is 0 Å². The first-order valence-electron chi connectivity index (χ1n) is 6.63. The number of amides is 1. The van der Waals surface area contributed by atoms with Gasteiger partial charge in [-0.1, -0.05) is 6.42 Å². The lowest BCUT2D eigenvalue weighted by Gasteiger charge is -2.31. The molecule has 0 radical (unpaired) electrons. The molecular formula is C12H18ClN3O3S. The average Bonchev–Trinajstić information content (AvgIpc) is 2.69. The van der Waals surface area contributed by atoms with Crippen molar-refractivity contribution >= 4 is 25.6 Å². The molecule has 1 aliphatic rings. The van der Waals surface area contributed by atoms with Gasteiger partial charge >= 0.3 is 0 Å². The molecule has 1 aromatic heterocycles. The fourth-order valence-corrected chi connectivity index (χ4v) is 3.70. The Kier molecular flexibility index (Phi) is 4.39. The number of aryl methyl sites for hydroxylation is 1. The third-order valence-electron chi connectivity index (χ3n) is 3.71. The summed E-state index contributed by atoms with van der Waals surface area (Å²) in [5, 5.41) is 6.35. The third kappa shape index (κ3) is 2.98. The van der Waals surface area contributed by atoms with E-state index in [4.69, 9.17) is 10.7 Å². The van der Waals surface area contributed by atoms with Gasteiger partial charge in [-0.2, -0.15) is 5.10 Å². The number of rotatable bonds is 5. The fourth-order valence-electron chi connectivity index (χ4n) is 2.35.